The van der Waals surface area contributed by atoms with E-state index in [-0.39, 0.29) is 5.91 Å². The van der Waals surface area contributed by atoms with Gasteiger partial charge in [0, 0.05) is 18.0 Å². The van der Waals surface area contributed by atoms with Crippen molar-refractivity contribution in [2.45, 2.75) is 39.0 Å². The summed E-state index contributed by atoms with van der Waals surface area (Å²) in [6.45, 7) is 5.49. The lowest BCUT2D eigenvalue weighted by atomic mass is 9.96. The zero-order chi connectivity index (χ0) is 16.5. The van der Waals surface area contributed by atoms with E-state index in [4.69, 9.17) is 16.3 Å². The molecule has 23 heavy (non-hydrogen) atoms. The third-order valence-electron chi connectivity index (χ3n) is 4.22. The van der Waals surface area contributed by atoms with E-state index in [9.17, 15) is 4.79 Å². The minimum atomic E-state index is 0.115. The maximum atomic E-state index is 11.8. The fourth-order valence-corrected chi connectivity index (χ4v) is 2.92. The minimum Gasteiger partial charge on any atom is -0.494 e. The van der Waals surface area contributed by atoms with Crippen molar-refractivity contribution in [2.24, 2.45) is 5.92 Å². The first-order chi connectivity index (χ1) is 11.1. The second-order valence-corrected chi connectivity index (χ2v) is 6.62. The quantitative estimate of drug-likeness (QED) is 0.715. The van der Waals surface area contributed by atoms with Crippen LogP contribution in [0.1, 0.15) is 37.7 Å². The molecule has 1 fully saturated rings. The molecule has 0 radical (unpaired) electrons. The molecular weight excluding hydrogens is 312 g/mol. The van der Waals surface area contributed by atoms with Crippen molar-refractivity contribution >= 4 is 17.5 Å². The highest BCUT2D eigenvalue weighted by molar-refractivity contribution is 6.31. The van der Waals surface area contributed by atoms with Gasteiger partial charge in [-0.1, -0.05) is 11.6 Å². The fraction of sp³-hybridized carbons (Fsp3) is 0.611. The molecular formula is C18H27ClN2O2. The first kappa shape index (κ1) is 18.1. The molecule has 1 aromatic rings. The topological polar surface area (TPSA) is 50.4 Å². The Bertz CT molecular complexity index is 502. The van der Waals surface area contributed by atoms with Crippen molar-refractivity contribution in [2.75, 3.05) is 26.2 Å². The van der Waals surface area contributed by atoms with Crippen LogP contribution >= 0.6 is 11.6 Å². The normalized spacial score (nSPS) is 17.7. The summed E-state index contributed by atoms with van der Waals surface area (Å²) in [4.78, 5) is 11.8. The average Bonchev–Trinajstić information content (AvgIpc) is 2.56. The molecule has 0 saturated carbocycles. The fourth-order valence-electron chi connectivity index (χ4n) is 2.80. The summed E-state index contributed by atoms with van der Waals surface area (Å²) >= 11 is 5.98. The lowest BCUT2D eigenvalue weighted by molar-refractivity contribution is -0.121. The van der Waals surface area contributed by atoms with Crippen LogP contribution in [0.4, 0.5) is 0 Å². The highest BCUT2D eigenvalue weighted by Gasteiger charge is 2.12. The van der Waals surface area contributed by atoms with E-state index >= 15 is 0 Å². The number of benzene rings is 1. The van der Waals surface area contributed by atoms with E-state index in [0.29, 0.717) is 18.9 Å². The van der Waals surface area contributed by atoms with Crippen molar-refractivity contribution in [1.82, 2.24) is 10.6 Å². The van der Waals surface area contributed by atoms with Crippen LogP contribution in [0.25, 0.3) is 0 Å². The van der Waals surface area contributed by atoms with Gasteiger partial charge >= 0.3 is 0 Å². The number of aryl methyl sites for hydroxylation is 1. The van der Waals surface area contributed by atoms with Gasteiger partial charge in [-0.25, -0.2) is 0 Å². The Morgan fingerprint density at radius 3 is 3.09 bits per heavy atom. The molecule has 1 aliphatic rings. The maximum absolute atomic E-state index is 11.8. The molecule has 1 heterocycles. The lowest BCUT2D eigenvalue weighted by Crippen LogP contribution is -2.33. The largest absolute Gasteiger partial charge is 0.494 e. The highest BCUT2D eigenvalue weighted by atomic mass is 35.5. The van der Waals surface area contributed by atoms with E-state index in [0.717, 1.165) is 48.8 Å². The molecule has 1 aliphatic heterocycles. The van der Waals surface area contributed by atoms with E-state index in [1.54, 1.807) is 0 Å². The third kappa shape index (κ3) is 6.80. The zero-order valence-electron chi connectivity index (χ0n) is 13.9. The number of rotatable bonds is 8. The van der Waals surface area contributed by atoms with Gasteiger partial charge in [-0.2, -0.15) is 0 Å². The molecule has 1 amide bonds. The highest BCUT2D eigenvalue weighted by Crippen LogP contribution is 2.21. The number of hydrogen-bond acceptors (Lipinski definition) is 3. The number of halogens is 1. The van der Waals surface area contributed by atoms with Crippen LogP contribution in [0.15, 0.2) is 18.2 Å². The van der Waals surface area contributed by atoms with E-state index in [1.165, 1.54) is 12.8 Å². The molecule has 2 rings (SSSR count). The monoisotopic (exact) mass is 338 g/mol. The summed E-state index contributed by atoms with van der Waals surface area (Å²) in [7, 11) is 0. The predicted octanol–water partition coefficient (Wildman–Crippen LogP) is 3.31. The standard InChI is InChI=1S/C18H27ClN2O2/c1-14-12-16(6-7-17(14)19)23-11-3-5-18(22)21-10-8-15-4-2-9-20-13-15/h6-7,12,15,20H,2-5,8-11,13H2,1H3,(H,21,22). The number of amides is 1. The summed E-state index contributed by atoms with van der Waals surface area (Å²) < 4.78 is 5.64. The molecule has 1 saturated heterocycles. The Morgan fingerprint density at radius 2 is 2.35 bits per heavy atom. The van der Waals surface area contributed by atoms with Gasteiger partial charge in [0.05, 0.1) is 6.61 Å². The number of piperidine rings is 1. The maximum Gasteiger partial charge on any atom is 0.220 e. The molecule has 1 unspecified atom stereocenters. The SMILES string of the molecule is Cc1cc(OCCCC(=O)NCCC2CCCNC2)ccc1Cl. The first-order valence-electron chi connectivity index (χ1n) is 8.51. The van der Waals surface area contributed by atoms with Crippen molar-refractivity contribution < 1.29 is 9.53 Å². The van der Waals surface area contributed by atoms with Crippen molar-refractivity contribution in [1.29, 1.82) is 0 Å². The summed E-state index contributed by atoms with van der Waals surface area (Å²) in [5.74, 6) is 1.63. The van der Waals surface area contributed by atoms with Crippen molar-refractivity contribution in [3.8, 4) is 5.75 Å². The average molecular weight is 339 g/mol. The smallest absolute Gasteiger partial charge is 0.220 e. The second-order valence-electron chi connectivity index (χ2n) is 6.21. The number of carbonyl (C=O) groups excluding carboxylic acids is 1. The third-order valence-corrected chi connectivity index (χ3v) is 4.64. The van der Waals surface area contributed by atoms with Gasteiger partial charge in [0.25, 0.3) is 0 Å². The molecule has 1 aromatic carbocycles. The van der Waals surface area contributed by atoms with Gasteiger partial charge in [-0.3, -0.25) is 4.79 Å². The van der Waals surface area contributed by atoms with Crippen LogP contribution < -0.4 is 15.4 Å². The lowest BCUT2D eigenvalue weighted by Gasteiger charge is -2.22. The summed E-state index contributed by atoms with van der Waals surface area (Å²) in [5.41, 5.74) is 0.999. The minimum absolute atomic E-state index is 0.115. The van der Waals surface area contributed by atoms with Gasteiger partial charge in [-0.15, -0.1) is 0 Å². The number of ether oxygens (including phenoxy) is 1. The van der Waals surface area contributed by atoms with Gasteiger partial charge in [0.2, 0.25) is 5.91 Å². The number of carbonyl (C=O) groups is 1. The molecule has 5 heteroatoms. The molecule has 0 aliphatic carbocycles. The molecule has 128 valence electrons. The van der Waals surface area contributed by atoms with Gasteiger partial charge < -0.3 is 15.4 Å². The number of nitrogens with one attached hydrogen (secondary N) is 2. The van der Waals surface area contributed by atoms with Gasteiger partial charge in [-0.05, 0) is 75.4 Å². The van der Waals surface area contributed by atoms with Crippen LogP contribution in [0.3, 0.4) is 0 Å². The van der Waals surface area contributed by atoms with E-state index < -0.39 is 0 Å². The number of hydrogen-bond donors (Lipinski definition) is 2. The summed E-state index contributed by atoms with van der Waals surface area (Å²) in [6.07, 6.45) is 4.82. The molecule has 1 atom stereocenters. The Labute approximate surface area is 143 Å². The molecule has 4 nitrogen and oxygen atoms in total. The molecule has 0 spiro atoms. The van der Waals surface area contributed by atoms with E-state index in [2.05, 4.69) is 10.6 Å². The van der Waals surface area contributed by atoms with Crippen LogP contribution in [0.2, 0.25) is 5.02 Å². The van der Waals surface area contributed by atoms with E-state index in [1.807, 2.05) is 25.1 Å². The Morgan fingerprint density at radius 1 is 1.48 bits per heavy atom. The van der Waals surface area contributed by atoms with Crippen LogP contribution in [0.5, 0.6) is 5.75 Å². The molecule has 0 bridgehead atoms. The van der Waals surface area contributed by atoms with Crippen LogP contribution in [-0.4, -0.2) is 32.1 Å². The predicted molar refractivity (Wildman–Crippen MR) is 94.1 cm³/mol. The zero-order valence-corrected chi connectivity index (χ0v) is 14.6. The van der Waals surface area contributed by atoms with Crippen molar-refractivity contribution in [3.63, 3.8) is 0 Å². The first-order valence-corrected chi connectivity index (χ1v) is 8.89. The van der Waals surface area contributed by atoms with Crippen LogP contribution in [-0.2, 0) is 4.79 Å². The summed E-state index contributed by atoms with van der Waals surface area (Å²) in [5, 5.41) is 7.15. The van der Waals surface area contributed by atoms with Gasteiger partial charge in [0.1, 0.15) is 5.75 Å². The molecule has 2 N–H and O–H groups in total. The summed E-state index contributed by atoms with van der Waals surface area (Å²) in [6, 6.07) is 5.60. The Kier molecular flexibility index (Phi) is 7.69. The van der Waals surface area contributed by atoms with Crippen molar-refractivity contribution in [3.05, 3.63) is 28.8 Å². The Balaban J connectivity index is 1.53. The van der Waals surface area contributed by atoms with Crippen LogP contribution in [0, 0.1) is 12.8 Å². The second kappa shape index (κ2) is 9.78. The Hall–Kier alpha value is -1.26. The van der Waals surface area contributed by atoms with Gasteiger partial charge in [0.15, 0.2) is 0 Å². The molecule has 0 aromatic heterocycles.